The van der Waals surface area contributed by atoms with Gasteiger partial charge in [0.15, 0.2) is 5.82 Å². The van der Waals surface area contributed by atoms with Crippen LogP contribution in [0.1, 0.15) is 31.1 Å². The van der Waals surface area contributed by atoms with Crippen molar-refractivity contribution in [3.63, 3.8) is 0 Å². The smallest absolute Gasteiger partial charge is 0.175 e. The van der Waals surface area contributed by atoms with Crippen molar-refractivity contribution in [2.45, 2.75) is 39.2 Å². The van der Waals surface area contributed by atoms with Crippen LogP contribution in [0.4, 0.5) is 5.82 Å². The van der Waals surface area contributed by atoms with Crippen LogP contribution in [-0.2, 0) is 11.2 Å². The molecule has 1 heterocycles. The van der Waals surface area contributed by atoms with Gasteiger partial charge in [-0.3, -0.25) is 0 Å². The van der Waals surface area contributed by atoms with Crippen LogP contribution in [0.2, 0.25) is 0 Å². The van der Waals surface area contributed by atoms with Crippen molar-refractivity contribution in [1.82, 2.24) is 5.16 Å². The van der Waals surface area contributed by atoms with Gasteiger partial charge < -0.3 is 15.0 Å². The summed E-state index contributed by atoms with van der Waals surface area (Å²) in [5.74, 6) is 2.00. The lowest BCUT2D eigenvalue weighted by atomic mass is 9.78. The molecule has 4 nitrogen and oxygen atoms in total. The molecule has 0 amide bonds. The van der Waals surface area contributed by atoms with E-state index in [2.05, 4.69) is 24.2 Å². The number of hydrogen-bond donors (Lipinski definition) is 1. The Labute approximate surface area is 125 Å². The van der Waals surface area contributed by atoms with Crippen LogP contribution in [0.5, 0.6) is 0 Å². The Morgan fingerprint density at radius 2 is 2.10 bits per heavy atom. The van der Waals surface area contributed by atoms with E-state index in [9.17, 15) is 0 Å². The maximum Gasteiger partial charge on any atom is 0.175 e. The minimum Gasteiger partial charge on any atom is -0.380 e. The molecule has 1 aromatic carbocycles. The first kappa shape index (κ1) is 14.1. The molecule has 0 atom stereocenters. The van der Waals surface area contributed by atoms with Gasteiger partial charge in [-0.25, -0.2) is 0 Å². The van der Waals surface area contributed by atoms with Crippen molar-refractivity contribution < 1.29 is 9.26 Å². The zero-order valence-electron chi connectivity index (χ0n) is 12.6. The summed E-state index contributed by atoms with van der Waals surface area (Å²) in [6.45, 7) is 4.92. The number of nitrogen functional groups attached to an aromatic ring is 1. The van der Waals surface area contributed by atoms with E-state index in [1.54, 1.807) is 0 Å². The van der Waals surface area contributed by atoms with Crippen LogP contribution in [0.15, 0.2) is 28.8 Å². The second kappa shape index (κ2) is 5.90. The molecule has 21 heavy (non-hydrogen) atoms. The number of aromatic nitrogens is 1. The topological polar surface area (TPSA) is 61.3 Å². The number of nitrogens with two attached hydrogens (primary N) is 1. The lowest BCUT2D eigenvalue weighted by Gasteiger charge is -2.34. The molecule has 1 aliphatic carbocycles. The predicted octanol–water partition coefficient (Wildman–Crippen LogP) is 3.59. The molecular formula is C17H22N2O2. The predicted molar refractivity (Wildman–Crippen MR) is 82.9 cm³/mol. The quantitative estimate of drug-likeness (QED) is 0.912. The monoisotopic (exact) mass is 286 g/mol. The molecule has 0 bridgehead atoms. The fraction of sp³-hybridized carbons (Fsp3) is 0.471. The van der Waals surface area contributed by atoms with Crippen molar-refractivity contribution in [2.24, 2.45) is 5.92 Å². The molecule has 4 heteroatoms. The van der Waals surface area contributed by atoms with Crippen molar-refractivity contribution in [1.29, 1.82) is 0 Å². The van der Waals surface area contributed by atoms with Crippen molar-refractivity contribution in [3.05, 3.63) is 35.6 Å². The van der Waals surface area contributed by atoms with Crippen LogP contribution in [0.25, 0.3) is 11.1 Å². The maximum atomic E-state index is 6.02. The molecule has 0 spiro atoms. The Hall–Kier alpha value is -1.81. The highest BCUT2D eigenvalue weighted by molar-refractivity contribution is 5.77. The number of aryl methyl sites for hydroxylation is 1. The summed E-state index contributed by atoms with van der Waals surface area (Å²) in [6, 6.07) is 8.21. The minimum absolute atomic E-state index is 0.419. The molecule has 112 valence electrons. The first-order valence-electron chi connectivity index (χ1n) is 7.60. The van der Waals surface area contributed by atoms with E-state index in [-0.39, 0.29) is 0 Å². The lowest BCUT2D eigenvalue weighted by molar-refractivity contribution is -0.0254. The molecule has 0 aliphatic heterocycles. The van der Waals surface area contributed by atoms with Gasteiger partial charge in [0.05, 0.1) is 11.7 Å². The summed E-state index contributed by atoms with van der Waals surface area (Å²) >= 11 is 0. The van der Waals surface area contributed by atoms with Crippen LogP contribution < -0.4 is 5.73 Å². The van der Waals surface area contributed by atoms with E-state index >= 15 is 0 Å². The molecule has 1 fully saturated rings. The standard InChI is InChI=1S/C17H22N2O2/c1-3-20-13-8-12(9-13)10-15-16(17(18)19-21-15)14-7-5-4-6-11(14)2/h4-7,12-13H,3,8-10H2,1-2H3,(H2,18,19). The van der Waals surface area contributed by atoms with E-state index < -0.39 is 0 Å². The van der Waals surface area contributed by atoms with Gasteiger partial charge in [0.25, 0.3) is 0 Å². The fourth-order valence-electron chi connectivity index (χ4n) is 3.09. The van der Waals surface area contributed by atoms with Crippen molar-refractivity contribution in [2.75, 3.05) is 12.3 Å². The number of ether oxygens (including phenoxy) is 1. The van der Waals surface area contributed by atoms with E-state index in [0.717, 1.165) is 42.8 Å². The number of benzene rings is 1. The summed E-state index contributed by atoms with van der Waals surface area (Å²) in [6.07, 6.45) is 3.50. The first-order valence-corrected chi connectivity index (χ1v) is 7.60. The Morgan fingerprint density at radius 3 is 2.81 bits per heavy atom. The van der Waals surface area contributed by atoms with Crippen molar-refractivity contribution >= 4 is 5.82 Å². The second-order valence-corrected chi connectivity index (χ2v) is 5.80. The average Bonchev–Trinajstić information content (AvgIpc) is 2.78. The largest absolute Gasteiger partial charge is 0.380 e. The number of nitrogens with zero attached hydrogens (tertiary/aromatic N) is 1. The third-order valence-corrected chi connectivity index (χ3v) is 4.27. The zero-order chi connectivity index (χ0) is 14.8. The van der Waals surface area contributed by atoms with Crippen LogP contribution in [0.3, 0.4) is 0 Å². The van der Waals surface area contributed by atoms with Crippen LogP contribution >= 0.6 is 0 Å². The molecule has 1 saturated carbocycles. The number of rotatable bonds is 5. The Balaban J connectivity index is 1.78. The summed E-state index contributed by atoms with van der Waals surface area (Å²) in [7, 11) is 0. The van der Waals surface area contributed by atoms with Crippen LogP contribution in [-0.4, -0.2) is 17.9 Å². The molecule has 2 N–H and O–H groups in total. The third-order valence-electron chi connectivity index (χ3n) is 4.27. The molecule has 1 aromatic heterocycles. The van der Waals surface area contributed by atoms with Crippen LogP contribution in [0, 0.1) is 12.8 Å². The van der Waals surface area contributed by atoms with Gasteiger partial charge in [-0.15, -0.1) is 0 Å². The first-order chi connectivity index (χ1) is 10.2. The highest BCUT2D eigenvalue weighted by Crippen LogP contribution is 2.38. The third kappa shape index (κ3) is 2.81. The molecule has 0 radical (unpaired) electrons. The average molecular weight is 286 g/mol. The van der Waals surface area contributed by atoms with Gasteiger partial charge in [-0.2, -0.15) is 0 Å². The Kier molecular flexibility index (Phi) is 3.97. The van der Waals surface area contributed by atoms with E-state index in [4.69, 9.17) is 15.0 Å². The summed E-state index contributed by atoms with van der Waals surface area (Å²) in [5.41, 5.74) is 9.30. The lowest BCUT2D eigenvalue weighted by Crippen LogP contribution is -2.32. The van der Waals surface area contributed by atoms with Gasteiger partial charge >= 0.3 is 0 Å². The van der Waals surface area contributed by atoms with E-state index in [0.29, 0.717) is 17.8 Å². The molecular weight excluding hydrogens is 264 g/mol. The highest BCUT2D eigenvalue weighted by atomic mass is 16.5. The molecule has 1 aliphatic rings. The number of hydrogen-bond acceptors (Lipinski definition) is 4. The van der Waals surface area contributed by atoms with Gasteiger partial charge in [0.2, 0.25) is 0 Å². The normalized spacial score (nSPS) is 21.2. The van der Waals surface area contributed by atoms with Gasteiger partial charge in [0, 0.05) is 13.0 Å². The fourth-order valence-corrected chi connectivity index (χ4v) is 3.09. The SMILES string of the molecule is CCOC1CC(Cc2onc(N)c2-c2ccccc2C)C1. The molecule has 3 rings (SSSR count). The summed E-state index contributed by atoms with van der Waals surface area (Å²) in [5, 5.41) is 3.97. The van der Waals surface area contributed by atoms with Gasteiger partial charge in [-0.1, -0.05) is 29.4 Å². The van der Waals surface area contributed by atoms with Gasteiger partial charge in [-0.05, 0) is 43.7 Å². The molecule has 0 unspecified atom stereocenters. The van der Waals surface area contributed by atoms with Crippen molar-refractivity contribution in [3.8, 4) is 11.1 Å². The number of anilines is 1. The highest BCUT2D eigenvalue weighted by Gasteiger charge is 2.32. The Morgan fingerprint density at radius 1 is 1.33 bits per heavy atom. The maximum absolute atomic E-state index is 6.02. The zero-order valence-corrected chi connectivity index (χ0v) is 12.6. The Bertz CT molecular complexity index is 615. The second-order valence-electron chi connectivity index (χ2n) is 5.80. The summed E-state index contributed by atoms with van der Waals surface area (Å²) < 4.78 is 11.1. The molecule has 2 aromatic rings. The molecule has 0 saturated heterocycles. The van der Waals surface area contributed by atoms with E-state index in [1.165, 1.54) is 5.56 Å². The summed E-state index contributed by atoms with van der Waals surface area (Å²) in [4.78, 5) is 0. The van der Waals surface area contributed by atoms with E-state index in [1.807, 2.05) is 19.1 Å². The minimum atomic E-state index is 0.419. The van der Waals surface area contributed by atoms with Gasteiger partial charge in [0.1, 0.15) is 5.76 Å².